The monoisotopic (exact) mass is 804 g/mol. The summed E-state index contributed by atoms with van der Waals surface area (Å²) < 4.78 is 32.7. The first-order valence-electron chi connectivity index (χ1n) is 22.0. The van der Waals surface area contributed by atoms with Crippen molar-refractivity contribution in [3.63, 3.8) is 0 Å². The van der Waals surface area contributed by atoms with Crippen LogP contribution in [0.25, 0.3) is 0 Å². The fraction of sp³-hybridized carbons (Fsp3) is 0.860. The van der Waals surface area contributed by atoms with Crippen LogP contribution in [0.4, 0.5) is 0 Å². The molecule has 324 valence electrons. The number of carbonyl (C=O) groups is 2. The first-order valence-corrected chi connectivity index (χ1v) is 23.5. The Kier molecular flexibility index (Phi) is 38.1. The van der Waals surface area contributed by atoms with Gasteiger partial charge in [-0.1, -0.05) is 141 Å². The lowest BCUT2D eigenvalue weighted by Gasteiger charge is -2.20. The van der Waals surface area contributed by atoms with Crippen LogP contribution in [0.3, 0.4) is 0 Å². The van der Waals surface area contributed by atoms with E-state index in [0.29, 0.717) is 25.7 Å². The fourth-order valence-electron chi connectivity index (χ4n) is 6.06. The van der Waals surface area contributed by atoms with E-state index in [1.165, 1.54) is 77.0 Å². The molecule has 12 heteroatoms. The zero-order chi connectivity index (χ0) is 40.7. The summed E-state index contributed by atoms with van der Waals surface area (Å²) in [5.74, 6) is -0.942. The third-order valence-corrected chi connectivity index (χ3v) is 10.5. The number of phosphoric ester groups is 1. The predicted molar refractivity (Wildman–Crippen MR) is 223 cm³/mol. The van der Waals surface area contributed by atoms with E-state index in [2.05, 4.69) is 32.1 Å². The number of esters is 2. The van der Waals surface area contributed by atoms with Crippen LogP contribution >= 0.6 is 7.82 Å². The molecule has 0 rings (SSSR count). The molecule has 55 heavy (non-hydrogen) atoms. The van der Waals surface area contributed by atoms with Crippen molar-refractivity contribution < 1.29 is 47.8 Å². The van der Waals surface area contributed by atoms with Gasteiger partial charge in [-0.2, -0.15) is 0 Å². The molecule has 1 unspecified atom stereocenters. The summed E-state index contributed by atoms with van der Waals surface area (Å²) in [6.07, 6.45) is 33.7. The maximum atomic E-state index is 12.6. The Morgan fingerprint density at radius 3 is 1.65 bits per heavy atom. The van der Waals surface area contributed by atoms with E-state index in [1.54, 1.807) is 0 Å². The highest BCUT2D eigenvalue weighted by Crippen LogP contribution is 2.43. The number of phosphoric acid groups is 1. The third-order valence-electron chi connectivity index (χ3n) is 9.51. The zero-order valence-corrected chi connectivity index (χ0v) is 35.8. The Bertz CT molecular complexity index is 995. The van der Waals surface area contributed by atoms with Crippen LogP contribution < -0.4 is 5.73 Å². The maximum absolute atomic E-state index is 12.6. The van der Waals surface area contributed by atoms with E-state index >= 15 is 0 Å². The second kappa shape index (κ2) is 39.2. The first-order chi connectivity index (χ1) is 26.6. The van der Waals surface area contributed by atoms with E-state index in [1.807, 2.05) is 6.08 Å². The summed E-state index contributed by atoms with van der Waals surface area (Å²) in [6, 6.07) is 0. The highest BCUT2D eigenvalue weighted by atomic mass is 31.2. The van der Waals surface area contributed by atoms with E-state index in [9.17, 15) is 29.3 Å². The molecule has 0 aliphatic rings. The zero-order valence-electron chi connectivity index (χ0n) is 34.9. The number of rotatable bonds is 41. The molecule has 0 spiro atoms. The van der Waals surface area contributed by atoms with Crippen molar-refractivity contribution in [2.75, 3.05) is 26.4 Å². The second-order valence-electron chi connectivity index (χ2n) is 14.9. The van der Waals surface area contributed by atoms with Crippen molar-refractivity contribution in [2.24, 2.45) is 5.73 Å². The molecular formula is C43H82NO10P. The van der Waals surface area contributed by atoms with Gasteiger partial charge in [0.15, 0.2) is 6.10 Å². The van der Waals surface area contributed by atoms with Gasteiger partial charge in [-0.3, -0.25) is 18.6 Å². The van der Waals surface area contributed by atoms with Gasteiger partial charge in [0.1, 0.15) is 6.61 Å². The molecular weight excluding hydrogens is 721 g/mol. The van der Waals surface area contributed by atoms with Gasteiger partial charge < -0.3 is 30.3 Å². The molecule has 11 nitrogen and oxygen atoms in total. The largest absolute Gasteiger partial charge is 0.472 e. The Labute approximate surface area is 335 Å². The van der Waals surface area contributed by atoms with Gasteiger partial charge >= 0.3 is 19.8 Å². The van der Waals surface area contributed by atoms with Gasteiger partial charge in [0.25, 0.3) is 0 Å². The topological polar surface area (TPSA) is 175 Å². The quantitative estimate of drug-likeness (QED) is 0.0200. The minimum atomic E-state index is -4.42. The SMILES string of the molecule is CCCCC/C=C\C[C@H](O)[C@@H](O)CCCCCCCC(=O)O[C@H](COC(=O)CCCCCCCCC/C=C\CCCCCCCC)COP(=O)(O)OCCN. The van der Waals surface area contributed by atoms with Gasteiger partial charge in [0, 0.05) is 19.4 Å². The minimum absolute atomic E-state index is 0.0281. The standard InChI is InChI=1S/C43H82NO10P/c1-3-5-7-9-11-12-13-14-15-16-17-18-19-20-21-25-29-33-42(47)51-37-39(38-53-55(49,50)52-36-35-44)54-43(48)34-30-26-22-24-28-32-41(46)40(45)31-27-23-10-8-6-4-2/h14-15,23,27,39-41,45-46H,3-13,16-22,24-26,28-38,44H2,1-2H3,(H,49,50)/b15-14-,27-23-/t39-,40+,41+/m1/s1. The predicted octanol–water partition coefficient (Wildman–Crippen LogP) is 10.3. The normalized spacial score (nSPS) is 14.7. The average molecular weight is 804 g/mol. The number of ether oxygens (including phenoxy) is 2. The molecule has 0 amide bonds. The van der Waals surface area contributed by atoms with Crippen LogP contribution in [-0.2, 0) is 32.7 Å². The number of hydrogen-bond acceptors (Lipinski definition) is 10. The molecule has 0 saturated heterocycles. The smallest absolute Gasteiger partial charge is 0.462 e. The molecule has 0 aliphatic carbocycles. The summed E-state index contributed by atoms with van der Waals surface area (Å²) in [4.78, 5) is 34.9. The van der Waals surface area contributed by atoms with Crippen LogP contribution in [0.2, 0.25) is 0 Å². The molecule has 5 N–H and O–H groups in total. The fourth-order valence-corrected chi connectivity index (χ4v) is 6.83. The highest BCUT2D eigenvalue weighted by Gasteiger charge is 2.26. The van der Waals surface area contributed by atoms with Gasteiger partial charge in [-0.25, -0.2) is 4.57 Å². The van der Waals surface area contributed by atoms with Crippen molar-refractivity contribution in [3.8, 4) is 0 Å². The molecule has 0 saturated carbocycles. The van der Waals surface area contributed by atoms with Crippen LogP contribution in [0.15, 0.2) is 24.3 Å². The number of carbonyl (C=O) groups excluding carboxylic acids is 2. The molecule has 4 atom stereocenters. The van der Waals surface area contributed by atoms with Crippen molar-refractivity contribution in [1.29, 1.82) is 0 Å². The van der Waals surface area contributed by atoms with Gasteiger partial charge in [-0.05, 0) is 64.2 Å². The van der Waals surface area contributed by atoms with Crippen molar-refractivity contribution >= 4 is 19.8 Å². The number of nitrogens with two attached hydrogens (primary N) is 1. The van der Waals surface area contributed by atoms with E-state index < -0.39 is 44.7 Å². The number of allylic oxidation sites excluding steroid dienone is 3. The summed E-state index contributed by atoms with van der Waals surface area (Å²) in [5.41, 5.74) is 5.34. The van der Waals surface area contributed by atoms with Crippen molar-refractivity contribution in [3.05, 3.63) is 24.3 Å². The first kappa shape index (κ1) is 53.4. The second-order valence-corrected chi connectivity index (χ2v) is 16.3. The molecule has 0 aliphatic heterocycles. The number of aliphatic hydroxyl groups is 2. The number of unbranched alkanes of at least 4 members (excludes halogenated alkanes) is 20. The van der Waals surface area contributed by atoms with E-state index in [4.69, 9.17) is 24.3 Å². The van der Waals surface area contributed by atoms with Gasteiger partial charge in [-0.15, -0.1) is 0 Å². The average Bonchev–Trinajstić information content (AvgIpc) is 3.17. The lowest BCUT2D eigenvalue weighted by molar-refractivity contribution is -0.161. The van der Waals surface area contributed by atoms with Gasteiger partial charge in [0.2, 0.25) is 0 Å². The van der Waals surface area contributed by atoms with E-state index in [0.717, 1.165) is 64.2 Å². The summed E-state index contributed by atoms with van der Waals surface area (Å²) in [6.45, 7) is 3.49. The van der Waals surface area contributed by atoms with E-state index in [-0.39, 0.29) is 32.6 Å². The summed E-state index contributed by atoms with van der Waals surface area (Å²) in [7, 11) is -4.42. The van der Waals surface area contributed by atoms with Crippen LogP contribution in [0.5, 0.6) is 0 Å². The van der Waals surface area contributed by atoms with Crippen LogP contribution in [0, 0.1) is 0 Å². The number of aliphatic hydroxyl groups excluding tert-OH is 2. The number of hydrogen-bond donors (Lipinski definition) is 4. The van der Waals surface area contributed by atoms with Gasteiger partial charge in [0.05, 0.1) is 25.4 Å². The van der Waals surface area contributed by atoms with Crippen LogP contribution in [-0.4, -0.2) is 71.7 Å². The third kappa shape index (κ3) is 37.7. The Balaban J connectivity index is 4.26. The summed E-state index contributed by atoms with van der Waals surface area (Å²) >= 11 is 0. The Hall–Kier alpha value is -1.59. The molecule has 0 aromatic carbocycles. The molecule has 0 aromatic rings. The lowest BCUT2D eigenvalue weighted by atomic mass is 10.0. The molecule has 0 aromatic heterocycles. The Morgan fingerprint density at radius 1 is 0.600 bits per heavy atom. The molecule has 0 heterocycles. The highest BCUT2D eigenvalue weighted by molar-refractivity contribution is 7.47. The minimum Gasteiger partial charge on any atom is -0.462 e. The molecule has 0 fully saturated rings. The molecule has 0 radical (unpaired) electrons. The van der Waals surface area contributed by atoms with Crippen molar-refractivity contribution in [2.45, 2.75) is 212 Å². The lowest BCUT2D eigenvalue weighted by Crippen LogP contribution is -2.29. The van der Waals surface area contributed by atoms with Crippen LogP contribution in [0.1, 0.15) is 194 Å². The summed E-state index contributed by atoms with van der Waals surface area (Å²) in [5, 5.41) is 20.4. The Morgan fingerprint density at radius 2 is 1.07 bits per heavy atom. The maximum Gasteiger partial charge on any atom is 0.472 e. The molecule has 0 bridgehead atoms. The van der Waals surface area contributed by atoms with Crippen molar-refractivity contribution in [1.82, 2.24) is 0 Å².